The van der Waals surface area contributed by atoms with Gasteiger partial charge in [0.25, 0.3) is 0 Å². The lowest BCUT2D eigenvalue weighted by Crippen LogP contribution is -2.04. The van der Waals surface area contributed by atoms with Gasteiger partial charge in [0.05, 0.1) is 40.0 Å². The third-order valence-electron chi connectivity index (χ3n) is 12.4. The fourth-order valence-corrected chi connectivity index (χ4v) is 9.48. The second-order valence-electron chi connectivity index (χ2n) is 16.3. The van der Waals surface area contributed by atoms with Crippen LogP contribution in [0.4, 0.5) is 0 Å². The van der Waals surface area contributed by atoms with Crippen molar-refractivity contribution < 1.29 is 4.74 Å². The lowest BCUT2D eigenvalue weighted by Gasteiger charge is -2.19. The highest BCUT2D eigenvalue weighted by Crippen LogP contribution is 2.42. The largest absolute Gasteiger partial charge is 0.493 e. The van der Waals surface area contributed by atoms with Gasteiger partial charge < -0.3 is 13.9 Å². The van der Waals surface area contributed by atoms with Crippen molar-refractivity contribution in [3.8, 4) is 17.1 Å². The number of aromatic nitrogens is 2. The molecule has 0 aliphatic rings. The molecule has 2 aromatic heterocycles. The molecule has 0 radical (unpaired) electrons. The van der Waals surface area contributed by atoms with Crippen LogP contribution in [0.2, 0.25) is 0 Å². The Balaban J connectivity index is 1.28. The quantitative estimate of drug-likeness (QED) is 0.0945. The van der Waals surface area contributed by atoms with E-state index in [1.807, 2.05) is 0 Å². The Labute approximate surface area is 352 Å². The molecule has 3 nitrogen and oxygen atoms in total. The number of ether oxygens (including phenoxy) is 1. The summed E-state index contributed by atoms with van der Waals surface area (Å²) in [5.41, 5.74) is 12.9. The van der Waals surface area contributed by atoms with Crippen molar-refractivity contribution in [3.05, 3.63) is 179 Å². The van der Waals surface area contributed by atoms with Crippen LogP contribution in [0.25, 0.3) is 94.8 Å². The number of hydrogen-bond donors (Lipinski definition) is 0. The van der Waals surface area contributed by atoms with Crippen LogP contribution >= 0.6 is 0 Å². The Kier molecular flexibility index (Phi) is 9.81. The molecule has 0 N–H and O–H groups in total. The van der Waals surface area contributed by atoms with Gasteiger partial charge in [0.15, 0.2) is 0 Å². The van der Waals surface area contributed by atoms with Crippen molar-refractivity contribution in [2.24, 2.45) is 0 Å². The number of unbranched alkanes of at least 4 members (excludes halogenated alkanes) is 3. The van der Waals surface area contributed by atoms with E-state index in [4.69, 9.17) is 4.74 Å². The second-order valence-corrected chi connectivity index (χ2v) is 16.3. The molecule has 0 spiro atoms. The Morgan fingerprint density at radius 3 is 1.55 bits per heavy atom. The second kappa shape index (κ2) is 15.7. The number of nitrogens with zero attached hydrogens (tertiary/aromatic N) is 2. The van der Waals surface area contributed by atoms with E-state index in [0.717, 1.165) is 46.8 Å². The molecule has 8 aromatic carbocycles. The van der Waals surface area contributed by atoms with Crippen LogP contribution in [0.3, 0.4) is 0 Å². The summed E-state index contributed by atoms with van der Waals surface area (Å²) in [7, 11) is 0. The Bertz CT molecular complexity index is 3320. The van der Waals surface area contributed by atoms with Crippen LogP contribution in [-0.4, -0.2) is 15.7 Å². The van der Waals surface area contributed by atoms with Crippen molar-refractivity contribution >= 4 is 83.4 Å². The SMILES string of the molecule is C/C=C/c1cc(-n2c3ccccc3c3ccc4ccccc4c32)c(/C=C/c2cc(OCCCCCC)c(C)cc2C)cc1-n1c2ccccc2c2ccc3ccccc3c21. The summed E-state index contributed by atoms with van der Waals surface area (Å²) in [5.74, 6) is 0.965. The molecule has 10 aromatic rings. The predicted octanol–water partition coefficient (Wildman–Crippen LogP) is 16.0. The van der Waals surface area contributed by atoms with Crippen LogP contribution in [0.15, 0.2) is 152 Å². The standard InChI is InChI=1S/C57H50N2O/c1-5-7-8-17-33-60-55-37-42(38(3)34-39(55)4)27-28-44-36-53(58-51-25-15-13-23-47(51)49-31-29-40-19-9-11-21-45(40)56(49)58)43(18-6-2)35-54(44)59-52-26-16-14-24-48(52)50-32-30-41-20-10-12-22-46(41)57(50)59/h6,9-16,18-32,34-37H,5,7-8,17,33H2,1-4H3/b18-6+,28-27+. The Morgan fingerprint density at radius 1 is 0.467 bits per heavy atom. The van der Waals surface area contributed by atoms with Gasteiger partial charge in [-0.2, -0.15) is 0 Å². The molecule has 0 aliphatic heterocycles. The van der Waals surface area contributed by atoms with Gasteiger partial charge in [0.2, 0.25) is 0 Å². The number of benzene rings is 8. The third-order valence-corrected chi connectivity index (χ3v) is 12.4. The molecule has 0 fully saturated rings. The maximum Gasteiger partial charge on any atom is 0.122 e. The van der Waals surface area contributed by atoms with Crippen molar-refractivity contribution in [3.63, 3.8) is 0 Å². The summed E-state index contributed by atoms with van der Waals surface area (Å²) in [4.78, 5) is 0. The summed E-state index contributed by atoms with van der Waals surface area (Å²) >= 11 is 0. The number of allylic oxidation sites excluding steroid dienone is 1. The first kappa shape index (κ1) is 37.4. The van der Waals surface area contributed by atoms with Gasteiger partial charge in [-0.1, -0.05) is 166 Å². The summed E-state index contributed by atoms with van der Waals surface area (Å²) in [6, 6.07) is 53.8. The highest BCUT2D eigenvalue weighted by molar-refractivity contribution is 6.20. The van der Waals surface area contributed by atoms with E-state index in [0.29, 0.717) is 0 Å². The minimum Gasteiger partial charge on any atom is -0.493 e. The predicted molar refractivity (Wildman–Crippen MR) is 259 cm³/mol. The molecule has 10 rings (SSSR count). The van der Waals surface area contributed by atoms with Gasteiger partial charge >= 0.3 is 0 Å². The molecule has 60 heavy (non-hydrogen) atoms. The maximum atomic E-state index is 6.43. The zero-order chi connectivity index (χ0) is 40.7. The first-order chi connectivity index (χ1) is 29.5. The molecule has 3 heteroatoms. The van der Waals surface area contributed by atoms with Gasteiger partial charge in [-0.3, -0.25) is 0 Å². The fourth-order valence-electron chi connectivity index (χ4n) is 9.48. The van der Waals surface area contributed by atoms with Crippen molar-refractivity contribution in [1.29, 1.82) is 0 Å². The van der Waals surface area contributed by atoms with Crippen molar-refractivity contribution in [2.45, 2.75) is 53.4 Å². The molecule has 2 heterocycles. The van der Waals surface area contributed by atoms with Gasteiger partial charge in [-0.05, 0) is 85.0 Å². The number of rotatable bonds is 11. The minimum absolute atomic E-state index is 0.738. The summed E-state index contributed by atoms with van der Waals surface area (Å²) < 4.78 is 11.4. The Morgan fingerprint density at radius 2 is 0.983 bits per heavy atom. The van der Waals surface area contributed by atoms with E-state index in [1.54, 1.807) is 0 Å². The first-order valence-corrected chi connectivity index (χ1v) is 21.6. The highest BCUT2D eigenvalue weighted by atomic mass is 16.5. The summed E-state index contributed by atoms with van der Waals surface area (Å²) in [6.07, 6.45) is 13.8. The van der Waals surface area contributed by atoms with E-state index in [2.05, 4.69) is 207 Å². The van der Waals surface area contributed by atoms with E-state index < -0.39 is 0 Å². The van der Waals surface area contributed by atoms with Gasteiger partial charge in [0, 0.05) is 43.4 Å². The maximum absolute atomic E-state index is 6.43. The summed E-state index contributed by atoms with van der Waals surface area (Å²) in [5, 5.41) is 9.93. The van der Waals surface area contributed by atoms with Crippen LogP contribution < -0.4 is 4.74 Å². The van der Waals surface area contributed by atoms with Crippen LogP contribution in [0.5, 0.6) is 5.75 Å². The van der Waals surface area contributed by atoms with Crippen LogP contribution in [-0.2, 0) is 0 Å². The van der Waals surface area contributed by atoms with Crippen molar-refractivity contribution in [2.75, 3.05) is 6.61 Å². The minimum atomic E-state index is 0.738. The topological polar surface area (TPSA) is 19.1 Å². The molecule has 0 saturated carbocycles. The molecule has 0 unspecified atom stereocenters. The van der Waals surface area contributed by atoms with E-state index >= 15 is 0 Å². The third kappa shape index (κ3) is 6.37. The Hall–Kier alpha value is -6.84. The molecule has 0 bridgehead atoms. The first-order valence-electron chi connectivity index (χ1n) is 21.6. The number of para-hydroxylation sites is 2. The molecule has 0 aliphatic carbocycles. The zero-order valence-electron chi connectivity index (χ0n) is 35.0. The average Bonchev–Trinajstić information content (AvgIpc) is 3.80. The normalized spacial score (nSPS) is 12.2. The van der Waals surface area contributed by atoms with E-state index in [1.165, 1.54) is 95.5 Å². The lowest BCUT2D eigenvalue weighted by molar-refractivity contribution is 0.303. The summed E-state index contributed by atoms with van der Waals surface area (Å²) in [6.45, 7) is 9.48. The van der Waals surface area contributed by atoms with Crippen LogP contribution in [0.1, 0.15) is 67.3 Å². The van der Waals surface area contributed by atoms with E-state index in [-0.39, 0.29) is 0 Å². The highest BCUT2D eigenvalue weighted by Gasteiger charge is 2.21. The van der Waals surface area contributed by atoms with Gasteiger partial charge in [-0.15, -0.1) is 0 Å². The molecular formula is C57H50N2O. The molecule has 0 saturated heterocycles. The van der Waals surface area contributed by atoms with Gasteiger partial charge in [0.1, 0.15) is 5.75 Å². The molecule has 294 valence electrons. The zero-order valence-corrected chi connectivity index (χ0v) is 35.0. The van der Waals surface area contributed by atoms with E-state index in [9.17, 15) is 0 Å². The van der Waals surface area contributed by atoms with Gasteiger partial charge in [-0.25, -0.2) is 0 Å². The monoisotopic (exact) mass is 778 g/mol. The fraction of sp³-hybridized carbons (Fsp3) is 0.158. The molecular weight excluding hydrogens is 729 g/mol. The van der Waals surface area contributed by atoms with Crippen LogP contribution in [0, 0.1) is 13.8 Å². The molecule has 0 amide bonds. The lowest BCUT2D eigenvalue weighted by atomic mass is 10.0. The number of hydrogen-bond acceptors (Lipinski definition) is 1. The molecule has 0 atom stereocenters. The average molecular weight is 779 g/mol. The number of aryl methyl sites for hydroxylation is 2. The number of fused-ring (bicyclic) bond motifs is 10. The van der Waals surface area contributed by atoms with Crippen molar-refractivity contribution in [1.82, 2.24) is 9.13 Å². The smallest absolute Gasteiger partial charge is 0.122 e.